The van der Waals surface area contributed by atoms with Gasteiger partial charge in [0.2, 0.25) is 0 Å². The molecule has 0 spiro atoms. The molecule has 0 bridgehead atoms. The van der Waals surface area contributed by atoms with E-state index in [4.69, 9.17) is 0 Å². The van der Waals surface area contributed by atoms with Gasteiger partial charge in [0.1, 0.15) is 0 Å². The van der Waals surface area contributed by atoms with E-state index in [-0.39, 0.29) is 0 Å². The van der Waals surface area contributed by atoms with Crippen LogP contribution < -0.4 is 0 Å². The lowest BCUT2D eigenvalue weighted by molar-refractivity contribution is 0.149. The van der Waals surface area contributed by atoms with Crippen molar-refractivity contribution in [2.24, 2.45) is 0 Å². The largest absolute Gasteiger partial charge is 0.300 e. The Labute approximate surface area is 97.2 Å². The van der Waals surface area contributed by atoms with Gasteiger partial charge in [0.05, 0.1) is 0 Å². The normalized spacial score (nSPS) is 28.6. The lowest BCUT2D eigenvalue weighted by Gasteiger charge is -2.36. The molecule has 3 rings (SSSR count). The summed E-state index contributed by atoms with van der Waals surface area (Å²) in [5.41, 5.74) is 1.34. The van der Waals surface area contributed by atoms with Gasteiger partial charge in [0.15, 0.2) is 0 Å². The Morgan fingerprint density at radius 3 is 2.81 bits per heavy atom. The monoisotopic (exact) mass is 219 g/mol. The van der Waals surface area contributed by atoms with Crippen molar-refractivity contribution in [3.8, 4) is 0 Å². The lowest BCUT2D eigenvalue weighted by Crippen LogP contribution is -2.40. The molecule has 0 radical (unpaired) electrons. The summed E-state index contributed by atoms with van der Waals surface area (Å²) in [6, 6.07) is 3.02. The number of aromatic nitrogens is 2. The number of piperidine rings is 1. The van der Waals surface area contributed by atoms with Gasteiger partial charge in [0, 0.05) is 30.4 Å². The van der Waals surface area contributed by atoms with Crippen molar-refractivity contribution in [2.45, 2.75) is 50.5 Å². The van der Waals surface area contributed by atoms with Crippen molar-refractivity contribution >= 4 is 0 Å². The predicted molar refractivity (Wildman–Crippen MR) is 64.4 cm³/mol. The van der Waals surface area contributed by atoms with Crippen LogP contribution in [0, 0.1) is 0 Å². The molecule has 0 amide bonds. The van der Waals surface area contributed by atoms with E-state index in [1.54, 1.807) is 0 Å². The first kappa shape index (κ1) is 10.3. The van der Waals surface area contributed by atoms with E-state index in [1.165, 1.54) is 57.3 Å². The molecule has 1 saturated carbocycles. The van der Waals surface area contributed by atoms with E-state index < -0.39 is 0 Å². The third kappa shape index (κ3) is 2.01. The summed E-state index contributed by atoms with van der Waals surface area (Å²) in [5, 5.41) is 7.22. The Morgan fingerprint density at radius 1 is 1.19 bits per heavy atom. The van der Waals surface area contributed by atoms with Crippen molar-refractivity contribution in [3.63, 3.8) is 0 Å². The average molecular weight is 219 g/mol. The number of nitrogens with zero attached hydrogens (tertiary/aromatic N) is 2. The van der Waals surface area contributed by atoms with E-state index in [0.717, 1.165) is 6.04 Å². The third-order valence-electron chi connectivity index (χ3n) is 4.26. The Bertz CT molecular complexity index is 314. The maximum atomic E-state index is 4.08. The fraction of sp³-hybridized carbons (Fsp3) is 0.769. The molecular formula is C13H21N3. The van der Waals surface area contributed by atoms with Gasteiger partial charge >= 0.3 is 0 Å². The summed E-state index contributed by atoms with van der Waals surface area (Å²) in [7, 11) is 0. The molecule has 1 atom stereocenters. The van der Waals surface area contributed by atoms with Crippen molar-refractivity contribution in [2.75, 3.05) is 13.1 Å². The summed E-state index contributed by atoms with van der Waals surface area (Å²) in [6.45, 7) is 2.56. The molecule has 1 saturated heterocycles. The number of nitrogens with one attached hydrogen (secondary N) is 1. The highest BCUT2D eigenvalue weighted by Crippen LogP contribution is 2.31. The van der Waals surface area contributed by atoms with Crippen LogP contribution in [0.2, 0.25) is 0 Å². The molecule has 3 heteroatoms. The maximum Gasteiger partial charge on any atom is 0.0490 e. The van der Waals surface area contributed by atoms with Crippen LogP contribution in [0.1, 0.15) is 50.1 Å². The van der Waals surface area contributed by atoms with Crippen LogP contribution >= 0.6 is 0 Å². The highest BCUT2D eigenvalue weighted by Gasteiger charge is 2.28. The molecule has 1 aliphatic heterocycles. The molecule has 1 N–H and O–H groups in total. The van der Waals surface area contributed by atoms with Crippen LogP contribution in [0.15, 0.2) is 12.3 Å². The Kier molecular flexibility index (Phi) is 2.96. The van der Waals surface area contributed by atoms with Gasteiger partial charge in [-0.3, -0.25) is 10.00 Å². The first-order valence-electron chi connectivity index (χ1n) is 6.67. The fourth-order valence-electron chi connectivity index (χ4n) is 3.36. The minimum atomic E-state index is 0.692. The summed E-state index contributed by atoms with van der Waals surface area (Å²) < 4.78 is 0. The molecule has 1 aromatic heterocycles. The Balaban J connectivity index is 1.65. The van der Waals surface area contributed by atoms with E-state index >= 15 is 0 Å². The molecular weight excluding hydrogens is 198 g/mol. The zero-order valence-electron chi connectivity index (χ0n) is 9.86. The molecule has 1 aliphatic carbocycles. The molecule has 1 aromatic rings. The topological polar surface area (TPSA) is 31.9 Å². The van der Waals surface area contributed by atoms with Crippen LogP contribution in [-0.4, -0.2) is 34.2 Å². The first-order chi connectivity index (χ1) is 7.93. The molecule has 88 valence electrons. The minimum Gasteiger partial charge on any atom is -0.300 e. The van der Waals surface area contributed by atoms with E-state index in [1.807, 2.05) is 6.20 Å². The second kappa shape index (κ2) is 4.58. The maximum absolute atomic E-state index is 4.08. The number of likely N-dealkylation sites (tertiary alicyclic amines) is 1. The van der Waals surface area contributed by atoms with Crippen molar-refractivity contribution < 1.29 is 0 Å². The second-order valence-electron chi connectivity index (χ2n) is 5.28. The second-order valence-corrected chi connectivity index (χ2v) is 5.28. The number of hydrogen-bond acceptors (Lipinski definition) is 2. The molecule has 2 aliphatic rings. The van der Waals surface area contributed by atoms with Gasteiger partial charge in [-0.05, 0) is 38.3 Å². The number of rotatable bonds is 2. The summed E-state index contributed by atoms with van der Waals surface area (Å²) >= 11 is 0. The van der Waals surface area contributed by atoms with Crippen LogP contribution in [0.4, 0.5) is 0 Å². The van der Waals surface area contributed by atoms with Gasteiger partial charge in [-0.2, -0.15) is 5.10 Å². The highest BCUT2D eigenvalue weighted by atomic mass is 15.2. The van der Waals surface area contributed by atoms with Gasteiger partial charge in [0.25, 0.3) is 0 Å². The molecule has 0 aromatic carbocycles. The molecule has 1 unspecified atom stereocenters. The Hall–Kier alpha value is -0.830. The summed E-state index contributed by atoms with van der Waals surface area (Å²) in [6.07, 6.45) is 10.3. The minimum absolute atomic E-state index is 0.692. The van der Waals surface area contributed by atoms with Crippen LogP contribution in [-0.2, 0) is 0 Å². The zero-order chi connectivity index (χ0) is 10.8. The smallest absolute Gasteiger partial charge is 0.0490 e. The zero-order valence-corrected chi connectivity index (χ0v) is 9.86. The van der Waals surface area contributed by atoms with Crippen LogP contribution in [0.5, 0.6) is 0 Å². The number of H-pyrrole nitrogens is 1. The average Bonchev–Trinajstić information content (AvgIpc) is 3.03. The summed E-state index contributed by atoms with van der Waals surface area (Å²) in [4.78, 5) is 2.72. The standard InChI is InChI=1S/C13H21N3/c1-2-6-12(5-1)16-9-3-4-11(10-16)13-7-8-14-15-13/h7-8,11-12H,1-6,9-10H2,(H,14,15). The van der Waals surface area contributed by atoms with Gasteiger partial charge in [-0.25, -0.2) is 0 Å². The van der Waals surface area contributed by atoms with E-state index in [9.17, 15) is 0 Å². The summed E-state index contributed by atoms with van der Waals surface area (Å²) in [5.74, 6) is 0.692. The van der Waals surface area contributed by atoms with Gasteiger partial charge in [-0.15, -0.1) is 0 Å². The SMILES string of the molecule is c1cc(C2CCCN(C3CCCC3)C2)[nH]n1. The Morgan fingerprint density at radius 2 is 2.06 bits per heavy atom. The highest BCUT2D eigenvalue weighted by molar-refractivity contribution is 5.07. The van der Waals surface area contributed by atoms with Crippen molar-refractivity contribution in [3.05, 3.63) is 18.0 Å². The molecule has 2 heterocycles. The van der Waals surface area contributed by atoms with Crippen LogP contribution in [0.3, 0.4) is 0 Å². The molecule has 16 heavy (non-hydrogen) atoms. The predicted octanol–water partition coefficient (Wildman–Crippen LogP) is 2.53. The lowest BCUT2D eigenvalue weighted by atomic mass is 9.93. The third-order valence-corrected chi connectivity index (χ3v) is 4.26. The van der Waals surface area contributed by atoms with Crippen LogP contribution in [0.25, 0.3) is 0 Å². The molecule has 2 fully saturated rings. The fourth-order valence-corrected chi connectivity index (χ4v) is 3.36. The number of aromatic amines is 1. The van der Waals surface area contributed by atoms with E-state index in [2.05, 4.69) is 21.2 Å². The first-order valence-corrected chi connectivity index (χ1v) is 6.67. The number of hydrogen-bond donors (Lipinski definition) is 1. The van der Waals surface area contributed by atoms with E-state index in [0.29, 0.717) is 5.92 Å². The molecule has 3 nitrogen and oxygen atoms in total. The van der Waals surface area contributed by atoms with Gasteiger partial charge in [-0.1, -0.05) is 12.8 Å². The van der Waals surface area contributed by atoms with Crippen molar-refractivity contribution in [1.82, 2.24) is 15.1 Å². The quantitative estimate of drug-likeness (QED) is 0.829. The van der Waals surface area contributed by atoms with Gasteiger partial charge < -0.3 is 0 Å². The van der Waals surface area contributed by atoms with Crippen molar-refractivity contribution in [1.29, 1.82) is 0 Å².